The molecule has 0 radical (unpaired) electrons. The molecule has 0 bridgehead atoms. The molecule has 0 spiro atoms. The molecule has 3 atom stereocenters. The van der Waals surface area contributed by atoms with Gasteiger partial charge in [-0.1, -0.05) is 34.1 Å². The quantitative estimate of drug-likeness (QED) is 0.598. The van der Waals surface area contributed by atoms with Crippen LogP contribution in [0.3, 0.4) is 0 Å². The molecule has 0 aromatic rings. The van der Waals surface area contributed by atoms with E-state index < -0.39 is 0 Å². The minimum atomic E-state index is -0.0128. The molecule has 1 aliphatic rings. The van der Waals surface area contributed by atoms with E-state index in [9.17, 15) is 0 Å². The summed E-state index contributed by atoms with van der Waals surface area (Å²) >= 11 is 0. The van der Waals surface area contributed by atoms with Gasteiger partial charge in [0.2, 0.25) is 0 Å². The van der Waals surface area contributed by atoms with Crippen LogP contribution in [-0.2, 0) is 9.47 Å². The number of nitrogens with zero attached hydrogens (tertiary/aromatic N) is 1. The summed E-state index contributed by atoms with van der Waals surface area (Å²) in [4.78, 5) is 2.24. The average Bonchev–Trinajstić information content (AvgIpc) is 2.31. The van der Waals surface area contributed by atoms with Crippen molar-refractivity contribution in [3.8, 4) is 0 Å². The van der Waals surface area contributed by atoms with Gasteiger partial charge in [-0.05, 0) is 27.4 Å². The molecule has 0 unspecified atom stereocenters. The van der Waals surface area contributed by atoms with Gasteiger partial charge in [-0.25, -0.2) is 0 Å². The molecule has 3 nitrogen and oxygen atoms in total. The van der Waals surface area contributed by atoms with Gasteiger partial charge in [0.15, 0.2) is 6.29 Å². The van der Waals surface area contributed by atoms with Gasteiger partial charge in [-0.3, -0.25) is 0 Å². The van der Waals surface area contributed by atoms with Gasteiger partial charge in [0.1, 0.15) is 0 Å². The normalized spacial score (nSPS) is 26.2. The molecule has 0 N–H and O–H groups in total. The first-order valence-corrected chi connectivity index (χ1v) is 6.89. The molecule has 0 amide bonds. The van der Waals surface area contributed by atoms with E-state index in [0.717, 1.165) is 12.8 Å². The summed E-state index contributed by atoms with van der Waals surface area (Å²) in [5, 5.41) is 0. The SMILES string of the molecule is CC.CCC.CO[C@H]1C[C@@H](N(C)C)C[C@@H](C)O1.[U]. The molecule has 0 aliphatic carbocycles. The summed E-state index contributed by atoms with van der Waals surface area (Å²) in [5.74, 6) is 0. The molecule has 0 aromatic carbocycles. The molecule has 1 aliphatic heterocycles. The van der Waals surface area contributed by atoms with Crippen LogP contribution in [0.15, 0.2) is 0 Å². The van der Waals surface area contributed by atoms with Crippen LogP contribution >= 0.6 is 0 Å². The molecular formula is C14H33NO2U. The molecular weight excluding hydrogens is 452 g/mol. The van der Waals surface area contributed by atoms with E-state index in [4.69, 9.17) is 9.47 Å². The molecule has 0 saturated carbocycles. The summed E-state index contributed by atoms with van der Waals surface area (Å²) in [5.41, 5.74) is 0. The largest absolute Gasteiger partial charge is 0.356 e. The van der Waals surface area contributed by atoms with E-state index in [1.807, 2.05) is 13.8 Å². The smallest absolute Gasteiger partial charge is 0.159 e. The van der Waals surface area contributed by atoms with E-state index >= 15 is 0 Å². The Morgan fingerprint density at radius 1 is 1.17 bits per heavy atom. The fourth-order valence-electron chi connectivity index (χ4n) is 1.65. The molecule has 110 valence electrons. The number of ether oxygens (including phenoxy) is 2. The Bertz CT molecular complexity index is 157. The zero-order valence-corrected chi connectivity index (χ0v) is 17.8. The van der Waals surface area contributed by atoms with Crippen molar-refractivity contribution in [3.63, 3.8) is 0 Å². The van der Waals surface area contributed by atoms with Crippen LogP contribution in [0.2, 0.25) is 0 Å². The Kier molecular flexibility index (Phi) is 21.3. The fraction of sp³-hybridized carbons (Fsp3) is 1.00. The Balaban J connectivity index is -0.000000329. The predicted molar refractivity (Wildman–Crippen MR) is 75.4 cm³/mol. The standard InChI is InChI=1S/C9H19NO2.C3H8.C2H6.U/c1-7-5-8(10(2)3)6-9(11-4)12-7;1-3-2;1-2;/h7-9H,5-6H2,1-4H3;3H2,1-2H3;1-2H3;/t7-,8+,9-;;;/m1.../s1. The van der Waals surface area contributed by atoms with Gasteiger partial charge in [-0.2, -0.15) is 0 Å². The fourth-order valence-corrected chi connectivity index (χ4v) is 1.65. The Labute approximate surface area is 138 Å². The summed E-state index contributed by atoms with van der Waals surface area (Å²) in [6.07, 6.45) is 3.64. The van der Waals surface area contributed by atoms with Crippen molar-refractivity contribution < 1.29 is 40.6 Å². The van der Waals surface area contributed by atoms with Gasteiger partial charge < -0.3 is 14.4 Å². The summed E-state index contributed by atoms with van der Waals surface area (Å²) in [6, 6.07) is 0.596. The maximum absolute atomic E-state index is 5.57. The van der Waals surface area contributed by atoms with Gasteiger partial charge >= 0.3 is 0 Å². The molecule has 1 fully saturated rings. The summed E-state index contributed by atoms with van der Waals surface area (Å²) in [6.45, 7) is 10.3. The van der Waals surface area contributed by atoms with Crippen LogP contribution in [0.25, 0.3) is 0 Å². The first-order chi connectivity index (χ1) is 8.04. The minimum absolute atomic E-state index is 0. The maximum atomic E-state index is 5.57. The van der Waals surface area contributed by atoms with Crippen molar-refractivity contribution in [2.24, 2.45) is 0 Å². The zero-order chi connectivity index (χ0) is 13.8. The number of hydrogen-bond donors (Lipinski definition) is 0. The van der Waals surface area contributed by atoms with E-state index in [-0.39, 0.29) is 37.4 Å². The second-order valence-electron chi connectivity index (χ2n) is 4.41. The third kappa shape index (κ3) is 12.0. The van der Waals surface area contributed by atoms with Crippen molar-refractivity contribution in [1.29, 1.82) is 0 Å². The van der Waals surface area contributed by atoms with E-state index in [1.54, 1.807) is 7.11 Å². The second kappa shape index (κ2) is 16.0. The van der Waals surface area contributed by atoms with Gasteiger partial charge in [0, 0.05) is 50.7 Å². The van der Waals surface area contributed by atoms with Crippen LogP contribution in [0, 0.1) is 31.1 Å². The zero-order valence-electron chi connectivity index (χ0n) is 13.6. The number of methoxy groups -OCH3 is 1. The van der Waals surface area contributed by atoms with Crippen molar-refractivity contribution in [2.75, 3.05) is 21.2 Å². The summed E-state index contributed by atoms with van der Waals surface area (Å²) in [7, 11) is 5.92. The van der Waals surface area contributed by atoms with Crippen LogP contribution in [-0.4, -0.2) is 44.5 Å². The van der Waals surface area contributed by atoms with Crippen LogP contribution in [0.1, 0.15) is 53.9 Å². The van der Waals surface area contributed by atoms with E-state index in [2.05, 4.69) is 39.8 Å². The number of hydrogen-bond acceptors (Lipinski definition) is 3. The molecule has 1 saturated heterocycles. The monoisotopic (exact) mass is 485 g/mol. The maximum Gasteiger partial charge on any atom is 0.159 e. The first kappa shape index (κ1) is 24.0. The molecule has 0 aromatic heterocycles. The van der Waals surface area contributed by atoms with E-state index in [1.165, 1.54) is 6.42 Å². The third-order valence-corrected chi connectivity index (χ3v) is 2.45. The molecule has 1 heterocycles. The van der Waals surface area contributed by atoms with Gasteiger partial charge in [-0.15, -0.1) is 0 Å². The van der Waals surface area contributed by atoms with Crippen LogP contribution in [0.4, 0.5) is 0 Å². The van der Waals surface area contributed by atoms with Crippen molar-refractivity contribution in [1.82, 2.24) is 4.90 Å². The minimum Gasteiger partial charge on any atom is -0.356 e. The van der Waals surface area contributed by atoms with Crippen molar-refractivity contribution in [3.05, 3.63) is 0 Å². The van der Waals surface area contributed by atoms with Crippen molar-refractivity contribution >= 4 is 0 Å². The molecule has 18 heavy (non-hydrogen) atoms. The topological polar surface area (TPSA) is 21.7 Å². The van der Waals surface area contributed by atoms with Gasteiger partial charge in [0.25, 0.3) is 0 Å². The second-order valence-corrected chi connectivity index (χ2v) is 4.41. The summed E-state index contributed by atoms with van der Waals surface area (Å²) < 4.78 is 10.8. The van der Waals surface area contributed by atoms with Crippen molar-refractivity contribution in [2.45, 2.75) is 72.3 Å². The predicted octanol–water partition coefficient (Wildman–Crippen LogP) is 3.53. The average molecular weight is 485 g/mol. The van der Waals surface area contributed by atoms with Gasteiger partial charge in [0.05, 0.1) is 6.10 Å². The van der Waals surface area contributed by atoms with Crippen LogP contribution < -0.4 is 0 Å². The van der Waals surface area contributed by atoms with E-state index in [0.29, 0.717) is 12.1 Å². The Hall–Kier alpha value is 0.932. The number of rotatable bonds is 2. The third-order valence-electron chi connectivity index (χ3n) is 2.45. The molecule has 1 rings (SSSR count). The Morgan fingerprint density at radius 2 is 1.61 bits per heavy atom. The Morgan fingerprint density at radius 3 is 1.94 bits per heavy atom. The first-order valence-electron chi connectivity index (χ1n) is 6.89. The van der Waals surface area contributed by atoms with Crippen LogP contribution in [0.5, 0.6) is 0 Å². The molecule has 4 heteroatoms.